The second-order valence-corrected chi connectivity index (χ2v) is 9.12. The second-order valence-electron chi connectivity index (χ2n) is 6.24. The molecule has 0 spiro atoms. The van der Waals surface area contributed by atoms with E-state index in [-0.39, 0.29) is 16.6 Å². The number of carbonyl (C=O) groups is 1. The van der Waals surface area contributed by atoms with Gasteiger partial charge in [0.1, 0.15) is 10.6 Å². The number of thioether (sulfide) groups is 1. The van der Waals surface area contributed by atoms with Crippen LogP contribution in [0.1, 0.15) is 15.9 Å². The number of ether oxygens (including phenoxy) is 1. The normalized spacial score (nSPS) is 14.7. The van der Waals surface area contributed by atoms with Crippen molar-refractivity contribution in [3.63, 3.8) is 0 Å². The molecule has 27 heavy (non-hydrogen) atoms. The van der Waals surface area contributed by atoms with Crippen molar-refractivity contribution in [2.45, 2.75) is 11.8 Å². The third-order valence-electron chi connectivity index (χ3n) is 4.30. The van der Waals surface area contributed by atoms with E-state index in [1.165, 1.54) is 19.2 Å². The first kappa shape index (κ1) is 19.6. The number of anilines is 1. The smallest absolute Gasteiger partial charge is 0.265 e. The summed E-state index contributed by atoms with van der Waals surface area (Å²) in [6, 6.07) is 11.6. The second kappa shape index (κ2) is 8.22. The zero-order chi connectivity index (χ0) is 19.4. The van der Waals surface area contributed by atoms with Gasteiger partial charge in [-0.05, 0) is 37.3 Å². The summed E-state index contributed by atoms with van der Waals surface area (Å²) >= 11 is 1.81. The quantitative estimate of drug-likeness (QED) is 0.826. The molecule has 0 unspecified atom stereocenters. The van der Waals surface area contributed by atoms with Gasteiger partial charge >= 0.3 is 0 Å². The average Bonchev–Trinajstić information content (AvgIpc) is 2.69. The van der Waals surface area contributed by atoms with E-state index >= 15 is 0 Å². The zero-order valence-corrected chi connectivity index (χ0v) is 16.9. The molecule has 0 aliphatic carbocycles. The van der Waals surface area contributed by atoms with Crippen molar-refractivity contribution < 1.29 is 17.9 Å². The third kappa shape index (κ3) is 4.56. The fourth-order valence-electron chi connectivity index (χ4n) is 2.80. The molecule has 0 aromatic heterocycles. The Morgan fingerprint density at radius 2 is 1.78 bits per heavy atom. The van der Waals surface area contributed by atoms with Gasteiger partial charge in [-0.1, -0.05) is 17.7 Å². The number of benzene rings is 2. The van der Waals surface area contributed by atoms with Crippen LogP contribution in [0.2, 0.25) is 0 Å². The molecule has 1 amide bonds. The number of sulfonamides is 1. The number of hydrogen-bond donors (Lipinski definition) is 1. The summed E-state index contributed by atoms with van der Waals surface area (Å²) in [6.07, 6.45) is 0. The molecule has 1 saturated heterocycles. The molecule has 2 aromatic carbocycles. The molecule has 8 heteroatoms. The van der Waals surface area contributed by atoms with Crippen LogP contribution >= 0.6 is 11.8 Å². The summed E-state index contributed by atoms with van der Waals surface area (Å²) < 4.78 is 33.6. The molecular weight excluding hydrogens is 384 g/mol. The average molecular weight is 407 g/mol. The van der Waals surface area contributed by atoms with Crippen LogP contribution in [0.3, 0.4) is 0 Å². The van der Waals surface area contributed by atoms with E-state index in [0.29, 0.717) is 24.3 Å². The van der Waals surface area contributed by atoms with E-state index in [0.717, 1.165) is 17.1 Å². The van der Waals surface area contributed by atoms with Crippen LogP contribution in [0.4, 0.5) is 5.69 Å². The molecule has 0 atom stereocenters. The molecule has 1 heterocycles. The number of methoxy groups -OCH3 is 1. The highest BCUT2D eigenvalue weighted by atomic mass is 32.2. The highest BCUT2D eigenvalue weighted by Gasteiger charge is 2.24. The lowest BCUT2D eigenvalue weighted by Crippen LogP contribution is -2.38. The fraction of sp³-hybridized carbons (Fsp3) is 0.316. The largest absolute Gasteiger partial charge is 0.495 e. The number of aryl methyl sites for hydroxylation is 1. The van der Waals surface area contributed by atoms with Crippen molar-refractivity contribution in [2.75, 3.05) is 36.4 Å². The van der Waals surface area contributed by atoms with Gasteiger partial charge in [-0.3, -0.25) is 9.52 Å². The van der Waals surface area contributed by atoms with Gasteiger partial charge in [0.25, 0.3) is 15.9 Å². The van der Waals surface area contributed by atoms with Crippen molar-refractivity contribution in [2.24, 2.45) is 0 Å². The molecule has 6 nitrogen and oxygen atoms in total. The van der Waals surface area contributed by atoms with Crippen molar-refractivity contribution in [1.82, 2.24) is 4.90 Å². The SMILES string of the molecule is COc1ccc(C(=O)N2CCSCC2)cc1S(=O)(=O)Nc1ccc(C)cc1. The molecule has 0 radical (unpaired) electrons. The van der Waals surface area contributed by atoms with E-state index < -0.39 is 10.0 Å². The molecule has 144 valence electrons. The molecule has 0 bridgehead atoms. The summed E-state index contributed by atoms with van der Waals surface area (Å²) in [5.74, 6) is 1.81. The zero-order valence-electron chi connectivity index (χ0n) is 15.3. The van der Waals surface area contributed by atoms with Crippen LogP contribution < -0.4 is 9.46 Å². The van der Waals surface area contributed by atoms with Crippen LogP contribution in [0.25, 0.3) is 0 Å². The first-order valence-electron chi connectivity index (χ1n) is 8.55. The number of rotatable bonds is 5. The minimum absolute atomic E-state index is 0.0530. The Labute approximate surface area is 164 Å². The summed E-state index contributed by atoms with van der Waals surface area (Å²) in [6.45, 7) is 3.26. The van der Waals surface area contributed by atoms with Crippen LogP contribution in [-0.2, 0) is 10.0 Å². The van der Waals surface area contributed by atoms with E-state index in [2.05, 4.69) is 4.72 Å². The molecular formula is C19H22N2O4S2. The van der Waals surface area contributed by atoms with Gasteiger partial charge < -0.3 is 9.64 Å². The van der Waals surface area contributed by atoms with E-state index in [4.69, 9.17) is 4.74 Å². The lowest BCUT2D eigenvalue weighted by molar-refractivity contribution is 0.0772. The first-order chi connectivity index (χ1) is 12.9. The number of carbonyl (C=O) groups excluding carboxylic acids is 1. The molecule has 1 N–H and O–H groups in total. The van der Waals surface area contributed by atoms with Crippen molar-refractivity contribution >= 4 is 33.4 Å². The third-order valence-corrected chi connectivity index (χ3v) is 6.65. The topological polar surface area (TPSA) is 75.7 Å². The Bertz CT molecular complexity index is 921. The predicted molar refractivity (Wildman–Crippen MR) is 108 cm³/mol. The summed E-state index contributed by atoms with van der Waals surface area (Å²) in [7, 11) is -2.50. The summed E-state index contributed by atoms with van der Waals surface area (Å²) in [5, 5.41) is 0. The molecule has 1 aliphatic rings. The Balaban J connectivity index is 1.92. The van der Waals surface area contributed by atoms with Crippen LogP contribution in [0.5, 0.6) is 5.75 Å². The number of amides is 1. The molecule has 1 aliphatic heterocycles. The van der Waals surface area contributed by atoms with Crippen molar-refractivity contribution in [3.8, 4) is 5.75 Å². The van der Waals surface area contributed by atoms with Gasteiger partial charge in [0.15, 0.2) is 0 Å². The van der Waals surface area contributed by atoms with Crippen molar-refractivity contribution in [3.05, 3.63) is 53.6 Å². The lowest BCUT2D eigenvalue weighted by Gasteiger charge is -2.26. The maximum absolute atomic E-state index is 12.9. The maximum atomic E-state index is 12.9. The highest BCUT2D eigenvalue weighted by Crippen LogP contribution is 2.28. The standard InChI is InChI=1S/C19H22N2O4S2/c1-14-3-6-16(7-4-14)20-27(23,24)18-13-15(5-8-17(18)25-2)19(22)21-9-11-26-12-10-21/h3-8,13,20H,9-12H2,1-2H3. The first-order valence-corrected chi connectivity index (χ1v) is 11.2. The van der Waals surface area contributed by atoms with Gasteiger partial charge in [-0.15, -0.1) is 0 Å². The molecule has 2 aromatic rings. The van der Waals surface area contributed by atoms with Crippen LogP contribution in [0, 0.1) is 6.92 Å². The highest BCUT2D eigenvalue weighted by molar-refractivity contribution is 7.99. The number of nitrogens with one attached hydrogen (secondary N) is 1. The van der Waals surface area contributed by atoms with E-state index in [1.54, 1.807) is 23.1 Å². The van der Waals surface area contributed by atoms with E-state index in [9.17, 15) is 13.2 Å². The molecule has 1 fully saturated rings. The summed E-state index contributed by atoms with van der Waals surface area (Å²) in [5.41, 5.74) is 1.82. The Morgan fingerprint density at radius 1 is 1.11 bits per heavy atom. The monoisotopic (exact) mass is 406 g/mol. The van der Waals surface area contributed by atoms with Crippen molar-refractivity contribution in [1.29, 1.82) is 0 Å². The minimum Gasteiger partial charge on any atom is -0.495 e. The van der Waals surface area contributed by atoms with E-state index in [1.807, 2.05) is 30.8 Å². The van der Waals surface area contributed by atoms with Gasteiger partial charge in [-0.25, -0.2) is 8.42 Å². The van der Waals surface area contributed by atoms with Crippen LogP contribution in [0.15, 0.2) is 47.4 Å². The number of nitrogens with zero attached hydrogens (tertiary/aromatic N) is 1. The van der Waals surface area contributed by atoms with Gasteiger partial charge in [0.2, 0.25) is 0 Å². The molecule has 0 saturated carbocycles. The Hall–Kier alpha value is -2.19. The lowest BCUT2D eigenvalue weighted by atomic mass is 10.2. The minimum atomic E-state index is -3.91. The predicted octanol–water partition coefficient (Wildman–Crippen LogP) is 2.99. The fourth-order valence-corrected chi connectivity index (χ4v) is 4.96. The molecule has 3 rings (SSSR count). The Morgan fingerprint density at radius 3 is 2.41 bits per heavy atom. The van der Waals surface area contributed by atoms with Gasteiger partial charge in [0, 0.05) is 35.8 Å². The maximum Gasteiger partial charge on any atom is 0.265 e. The Kier molecular flexibility index (Phi) is 5.96. The van der Waals surface area contributed by atoms with Gasteiger partial charge in [-0.2, -0.15) is 11.8 Å². The van der Waals surface area contributed by atoms with Gasteiger partial charge in [0.05, 0.1) is 7.11 Å². The summed E-state index contributed by atoms with van der Waals surface area (Å²) in [4.78, 5) is 14.4. The number of hydrogen-bond acceptors (Lipinski definition) is 5. The van der Waals surface area contributed by atoms with Crippen LogP contribution in [-0.4, -0.2) is 50.9 Å².